The predicted molar refractivity (Wildman–Crippen MR) is 96.6 cm³/mol. The monoisotopic (exact) mass is 356 g/mol. The number of rotatable bonds is 4. The summed E-state index contributed by atoms with van der Waals surface area (Å²) in [6.07, 6.45) is 1.02. The molecule has 0 atom stereocenters. The molecule has 1 aliphatic rings. The minimum absolute atomic E-state index is 0. The highest BCUT2D eigenvalue weighted by atomic mass is 35.5. The van der Waals surface area contributed by atoms with Gasteiger partial charge in [-0.3, -0.25) is 4.79 Å². The lowest BCUT2D eigenvalue weighted by molar-refractivity contribution is -0.124. The van der Waals surface area contributed by atoms with Crippen LogP contribution in [-0.2, 0) is 9.53 Å². The van der Waals surface area contributed by atoms with Crippen LogP contribution in [0.4, 0.5) is 16.2 Å². The van der Waals surface area contributed by atoms with Crippen molar-refractivity contribution >= 4 is 35.7 Å². The highest BCUT2D eigenvalue weighted by Crippen LogP contribution is 2.21. The molecule has 2 rings (SSSR count). The Morgan fingerprint density at radius 2 is 1.58 bits per heavy atom. The highest BCUT2D eigenvalue weighted by molar-refractivity contribution is 5.98. The summed E-state index contributed by atoms with van der Waals surface area (Å²) in [6.45, 7) is 4.77. The molecular weight excluding hydrogens is 332 g/mol. The minimum Gasteiger partial charge on any atom is -0.381 e. The first-order chi connectivity index (χ1) is 10.9. The molecule has 0 bridgehead atoms. The van der Waals surface area contributed by atoms with Crippen molar-refractivity contribution in [2.24, 2.45) is 5.73 Å². The summed E-state index contributed by atoms with van der Waals surface area (Å²) in [5, 5.41) is 8.28. The normalized spacial score (nSPS) is 16.0. The van der Waals surface area contributed by atoms with E-state index in [4.69, 9.17) is 10.5 Å². The molecule has 3 amide bonds. The van der Waals surface area contributed by atoms with Crippen LogP contribution in [0.2, 0.25) is 0 Å². The Morgan fingerprint density at radius 1 is 1.08 bits per heavy atom. The van der Waals surface area contributed by atoms with Gasteiger partial charge in [0.15, 0.2) is 0 Å². The van der Waals surface area contributed by atoms with Crippen molar-refractivity contribution in [1.29, 1.82) is 0 Å². The molecule has 1 fully saturated rings. The minimum atomic E-state index is -0.883. The van der Waals surface area contributed by atoms with E-state index in [0.29, 0.717) is 37.4 Å². The van der Waals surface area contributed by atoms with Gasteiger partial charge < -0.3 is 26.4 Å². The first-order valence-electron chi connectivity index (χ1n) is 7.75. The predicted octanol–water partition coefficient (Wildman–Crippen LogP) is 2.08. The summed E-state index contributed by atoms with van der Waals surface area (Å²) >= 11 is 0. The van der Waals surface area contributed by atoms with Gasteiger partial charge in [-0.05, 0) is 51.0 Å². The molecule has 1 heterocycles. The van der Waals surface area contributed by atoms with Crippen molar-refractivity contribution in [3.05, 3.63) is 24.3 Å². The summed E-state index contributed by atoms with van der Waals surface area (Å²) in [5.41, 5.74) is 6.54. The van der Waals surface area contributed by atoms with Crippen LogP contribution >= 0.6 is 12.4 Å². The number of carbonyl (C=O) groups excluding carboxylic acids is 2. The SMILES string of the molecule is CC(C)NC(=O)Nc1ccc(NC(=O)C2(N)CCOCC2)cc1.Cl. The largest absolute Gasteiger partial charge is 0.381 e. The fourth-order valence-corrected chi connectivity index (χ4v) is 2.28. The van der Waals surface area contributed by atoms with E-state index in [1.807, 2.05) is 13.8 Å². The molecule has 24 heavy (non-hydrogen) atoms. The third kappa shape index (κ3) is 5.67. The van der Waals surface area contributed by atoms with Gasteiger partial charge in [0.2, 0.25) is 5.91 Å². The Bertz CT molecular complexity index is 557. The average molecular weight is 357 g/mol. The Balaban J connectivity index is 0.00000288. The van der Waals surface area contributed by atoms with Gasteiger partial charge in [-0.1, -0.05) is 0 Å². The van der Waals surface area contributed by atoms with E-state index in [-0.39, 0.29) is 30.4 Å². The average Bonchev–Trinajstić information content (AvgIpc) is 2.49. The van der Waals surface area contributed by atoms with Gasteiger partial charge in [0, 0.05) is 30.6 Å². The molecule has 0 unspecified atom stereocenters. The topological polar surface area (TPSA) is 105 Å². The number of hydrogen-bond donors (Lipinski definition) is 4. The van der Waals surface area contributed by atoms with Gasteiger partial charge in [0.05, 0.1) is 0 Å². The molecule has 134 valence electrons. The van der Waals surface area contributed by atoms with Crippen LogP contribution in [0.1, 0.15) is 26.7 Å². The van der Waals surface area contributed by atoms with Crippen molar-refractivity contribution in [2.75, 3.05) is 23.8 Å². The lowest BCUT2D eigenvalue weighted by Crippen LogP contribution is -2.54. The Kier molecular flexibility index (Phi) is 7.47. The maximum Gasteiger partial charge on any atom is 0.319 e. The van der Waals surface area contributed by atoms with Crippen LogP contribution in [0.15, 0.2) is 24.3 Å². The van der Waals surface area contributed by atoms with E-state index < -0.39 is 5.54 Å². The van der Waals surface area contributed by atoms with Gasteiger partial charge >= 0.3 is 6.03 Å². The zero-order valence-corrected chi connectivity index (χ0v) is 14.7. The lowest BCUT2D eigenvalue weighted by Gasteiger charge is -2.31. The van der Waals surface area contributed by atoms with Gasteiger partial charge in [0.25, 0.3) is 0 Å². The first-order valence-corrected chi connectivity index (χ1v) is 7.75. The molecule has 1 aliphatic heterocycles. The van der Waals surface area contributed by atoms with Crippen molar-refractivity contribution in [3.8, 4) is 0 Å². The molecular formula is C16H25ClN4O3. The third-order valence-electron chi connectivity index (χ3n) is 3.66. The summed E-state index contributed by atoms with van der Waals surface area (Å²) < 4.78 is 5.24. The Labute approximate surface area is 148 Å². The smallest absolute Gasteiger partial charge is 0.319 e. The van der Waals surface area contributed by atoms with Gasteiger partial charge in [-0.15, -0.1) is 12.4 Å². The van der Waals surface area contributed by atoms with Crippen LogP contribution in [0.3, 0.4) is 0 Å². The van der Waals surface area contributed by atoms with Crippen LogP contribution < -0.4 is 21.7 Å². The summed E-state index contributed by atoms with van der Waals surface area (Å²) in [7, 11) is 0. The number of carbonyl (C=O) groups is 2. The number of urea groups is 1. The number of anilines is 2. The molecule has 1 aromatic carbocycles. The molecule has 0 spiro atoms. The highest BCUT2D eigenvalue weighted by Gasteiger charge is 2.35. The van der Waals surface area contributed by atoms with Gasteiger partial charge in [-0.2, -0.15) is 0 Å². The second kappa shape index (κ2) is 8.86. The number of benzene rings is 1. The van der Waals surface area contributed by atoms with Crippen molar-refractivity contribution in [3.63, 3.8) is 0 Å². The number of hydrogen-bond acceptors (Lipinski definition) is 4. The molecule has 0 radical (unpaired) electrons. The number of halogens is 1. The molecule has 5 N–H and O–H groups in total. The molecule has 0 aromatic heterocycles. The van der Waals surface area contributed by atoms with E-state index in [9.17, 15) is 9.59 Å². The van der Waals surface area contributed by atoms with E-state index in [1.165, 1.54) is 0 Å². The van der Waals surface area contributed by atoms with Gasteiger partial charge in [-0.25, -0.2) is 4.79 Å². The Hall–Kier alpha value is -1.83. The van der Waals surface area contributed by atoms with E-state index >= 15 is 0 Å². The summed E-state index contributed by atoms with van der Waals surface area (Å²) in [4.78, 5) is 23.9. The van der Waals surface area contributed by atoms with Crippen molar-refractivity contribution in [2.45, 2.75) is 38.3 Å². The maximum absolute atomic E-state index is 12.3. The van der Waals surface area contributed by atoms with E-state index in [0.717, 1.165) is 0 Å². The number of nitrogens with one attached hydrogen (secondary N) is 3. The van der Waals surface area contributed by atoms with Crippen LogP contribution in [0.25, 0.3) is 0 Å². The van der Waals surface area contributed by atoms with Crippen LogP contribution in [0.5, 0.6) is 0 Å². The second-order valence-corrected chi connectivity index (χ2v) is 6.05. The van der Waals surface area contributed by atoms with E-state index in [2.05, 4.69) is 16.0 Å². The molecule has 1 saturated heterocycles. The molecule has 8 heteroatoms. The molecule has 1 aromatic rings. The zero-order chi connectivity index (χ0) is 16.9. The number of ether oxygens (including phenoxy) is 1. The fraction of sp³-hybridized carbons (Fsp3) is 0.500. The van der Waals surface area contributed by atoms with Gasteiger partial charge in [0.1, 0.15) is 5.54 Å². The first kappa shape index (κ1) is 20.2. The standard InChI is InChI=1S/C16H24N4O3.ClH/c1-11(2)18-15(22)20-13-5-3-12(4-6-13)19-14(21)16(17)7-9-23-10-8-16;/h3-6,11H,7-10,17H2,1-2H3,(H,19,21)(H2,18,20,22);1H. The summed E-state index contributed by atoms with van der Waals surface area (Å²) in [6, 6.07) is 6.70. The molecule has 0 aliphatic carbocycles. The lowest BCUT2D eigenvalue weighted by atomic mass is 9.90. The fourth-order valence-electron chi connectivity index (χ4n) is 2.28. The van der Waals surface area contributed by atoms with Crippen molar-refractivity contribution < 1.29 is 14.3 Å². The van der Waals surface area contributed by atoms with Crippen molar-refractivity contribution in [1.82, 2.24) is 5.32 Å². The number of nitrogens with two attached hydrogens (primary N) is 1. The third-order valence-corrected chi connectivity index (χ3v) is 3.66. The molecule has 7 nitrogen and oxygen atoms in total. The van der Waals surface area contributed by atoms with Crippen LogP contribution in [-0.4, -0.2) is 36.7 Å². The zero-order valence-electron chi connectivity index (χ0n) is 13.9. The quantitative estimate of drug-likeness (QED) is 0.662. The maximum atomic E-state index is 12.3. The van der Waals surface area contributed by atoms with Crippen LogP contribution in [0, 0.1) is 0 Å². The number of amides is 3. The molecule has 0 saturated carbocycles. The summed E-state index contributed by atoms with van der Waals surface area (Å²) in [5.74, 6) is -0.209. The Morgan fingerprint density at radius 3 is 2.08 bits per heavy atom. The van der Waals surface area contributed by atoms with E-state index in [1.54, 1.807) is 24.3 Å². The second-order valence-electron chi connectivity index (χ2n) is 6.05.